The molecule has 0 aromatic rings. The SMILES string of the molecule is CN=C(C)/C(C#N)=C(\C)C(C)C. The topological polar surface area (TPSA) is 36.1 Å². The minimum atomic E-state index is 0.413. The van der Waals surface area contributed by atoms with Crippen molar-refractivity contribution in [1.29, 1.82) is 5.26 Å². The van der Waals surface area contributed by atoms with Gasteiger partial charge in [0.1, 0.15) is 6.07 Å². The van der Waals surface area contributed by atoms with Crippen molar-refractivity contribution >= 4 is 5.71 Å². The molecule has 0 atom stereocenters. The molecule has 0 amide bonds. The largest absolute Gasteiger partial charge is 0.292 e. The van der Waals surface area contributed by atoms with Gasteiger partial charge in [-0.25, -0.2) is 0 Å². The fourth-order valence-electron chi connectivity index (χ4n) is 0.855. The van der Waals surface area contributed by atoms with Crippen molar-refractivity contribution in [2.75, 3.05) is 7.05 Å². The van der Waals surface area contributed by atoms with Gasteiger partial charge in [0.05, 0.1) is 5.57 Å². The molecule has 0 saturated heterocycles. The van der Waals surface area contributed by atoms with Crippen LogP contribution < -0.4 is 0 Å². The maximum atomic E-state index is 8.86. The first-order valence-electron chi connectivity index (χ1n) is 4.09. The summed E-state index contributed by atoms with van der Waals surface area (Å²) in [6.07, 6.45) is 0. The van der Waals surface area contributed by atoms with Crippen LogP contribution in [-0.4, -0.2) is 12.8 Å². The minimum absolute atomic E-state index is 0.413. The summed E-state index contributed by atoms with van der Waals surface area (Å²) in [6.45, 7) is 8.01. The van der Waals surface area contributed by atoms with Gasteiger partial charge in [0.2, 0.25) is 0 Å². The van der Waals surface area contributed by atoms with E-state index in [0.717, 1.165) is 16.9 Å². The normalized spacial score (nSPS) is 14.2. The van der Waals surface area contributed by atoms with Crippen molar-refractivity contribution in [3.8, 4) is 6.07 Å². The van der Waals surface area contributed by atoms with Gasteiger partial charge in [-0.3, -0.25) is 4.99 Å². The molecule has 2 heteroatoms. The standard InChI is InChI=1S/C10H16N2/c1-7(2)8(3)10(6-11)9(4)12-5/h7H,1-5H3/b10-8+,12-9?. The average Bonchev–Trinajstić information content (AvgIpc) is 2.05. The molecule has 0 rings (SSSR count). The zero-order chi connectivity index (χ0) is 9.72. The lowest BCUT2D eigenvalue weighted by Crippen LogP contribution is -2.02. The highest BCUT2D eigenvalue weighted by Crippen LogP contribution is 2.14. The summed E-state index contributed by atoms with van der Waals surface area (Å²) < 4.78 is 0. The highest BCUT2D eigenvalue weighted by molar-refractivity contribution is 6.02. The van der Waals surface area contributed by atoms with Crippen LogP contribution in [-0.2, 0) is 0 Å². The number of aliphatic imine (C=N–C) groups is 1. The maximum absolute atomic E-state index is 8.86. The van der Waals surface area contributed by atoms with Crippen molar-refractivity contribution in [3.05, 3.63) is 11.1 Å². The molecule has 0 aliphatic heterocycles. The molecular weight excluding hydrogens is 148 g/mol. The van der Waals surface area contributed by atoms with Gasteiger partial charge < -0.3 is 0 Å². The molecule has 0 N–H and O–H groups in total. The Kier molecular flexibility index (Phi) is 4.28. The zero-order valence-corrected chi connectivity index (χ0v) is 8.47. The number of rotatable bonds is 2. The molecule has 0 spiro atoms. The van der Waals surface area contributed by atoms with Gasteiger partial charge in [-0.15, -0.1) is 0 Å². The Bertz CT molecular complexity index is 252. The minimum Gasteiger partial charge on any atom is -0.292 e. The Morgan fingerprint density at radius 3 is 2.08 bits per heavy atom. The van der Waals surface area contributed by atoms with E-state index in [1.165, 1.54) is 0 Å². The third-order valence-corrected chi connectivity index (χ3v) is 2.07. The predicted molar refractivity (Wildman–Crippen MR) is 52.2 cm³/mol. The van der Waals surface area contributed by atoms with Gasteiger partial charge in [0, 0.05) is 12.8 Å². The van der Waals surface area contributed by atoms with Gasteiger partial charge in [-0.05, 0) is 19.8 Å². The van der Waals surface area contributed by atoms with E-state index in [1.807, 2.05) is 13.8 Å². The molecule has 0 bridgehead atoms. The molecule has 0 saturated carbocycles. The van der Waals surface area contributed by atoms with E-state index in [9.17, 15) is 0 Å². The van der Waals surface area contributed by atoms with Crippen LogP contribution in [0.2, 0.25) is 0 Å². The lowest BCUT2D eigenvalue weighted by atomic mass is 9.97. The average molecular weight is 164 g/mol. The van der Waals surface area contributed by atoms with Crippen molar-refractivity contribution in [3.63, 3.8) is 0 Å². The van der Waals surface area contributed by atoms with E-state index in [2.05, 4.69) is 24.9 Å². The van der Waals surface area contributed by atoms with Crippen LogP contribution in [0.25, 0.3) is 0 Å². The second kappa shape index (κ2) is 4.71. The number of hydrogen-bond donors (Lipinski definition) is 0. The first-order valence-corrected chi connectivity index (χ1v) is 4.09. The molecule has 0 fully saturated rings. The van der Waals surface area contributed by atoms with Gasteiger partial charge in [-0.2, -0.15) is 5.26 Å². The van der Waals surface area contributed by atoms with Gasteiger partial charge in [0.25, 0.3) is 0 Å². The van der Waals surface area contributed by atoms with Crippen LogP contribution in [0.15, 0.2) is 16.1 Å². The van der Waals surface area contributed by atoms with Crippen molar-refractivity contribution < 1.29 is 0 Å². The summed E-state index contributed by atoms with van der Waals surface area (Å²) in [5.41, 5.74) is 2.66. The quantitative estimate of drug-likeness (QED) is 0.456. The van der Waals surface area contributed by atoms with Crippen LogP contribution >= 0.6 is 0 Å². The van der Waals surface area contributed by atoms with Crippen molar-refractivity contribution in [2.24, 2.45) is 10.9 Å². The first-order chi connectivity index (χ1) is 5.54. The fourth-order valence-corrected chi connectivity index (χ4v) is 0.855. The highest BCUT2D eigenvalue weighted by Gasteiger charge is 2.07. The molecule has 0 aromatic heterocycles. The zero-order valence-electron chi connectivity index (χ0n) is 8.47. The van der Waals surface area contributed by atoms with Crippen LogP contribution in [0.5, 0.6) is 0 Å². The molecular formula is C10H16N2. The van der Waals surface area contributed by atoms with Gasteiger partial charge >= 0.3 is 0 Å². The Hall–Kier alpha value is -1.10. The third kappa shape index (κ3) is 2.50. The molecule has 66 valence electrons. The van der Waals surface area contributed by atoms with E-state index in [1.54, 1.807) is 7.05 Å². The molecule has 0 heterocycles. The molecule has 0 radical (unpaired) electrons. The van der Waals surface area contributed by atoms with Gasteiger partial charge in [0.15, 0.2) is 0 Å². The number of allylic oxidation sites excluding steroid dienone is 2. The molecule has 2 nitrogen and oxygen atoms in total. The molecule has 0 aromatic carbocycles. The number of hydrogen-bond acceptors (Lipinski definition) is 2. The first kappa shape index (κ1) is 10.9. The Labute approximate surface area is 74.6 Å². The van der Waals surface area contributed by atoms with Crippen LogP contribution in [0, 0.1) is 17.2 Å². The van der Waals surface area contributed by atoms with Crippen LogP contribution in [0.3, 0.4) is 0 Å². The fraction of sp³-hybridized carbons (Fsp3) is 0.600. The summed E-state index contributed by atoms with van der Waals surface area (Å²) in [5, 5.41) is 8.86. The monoisotopic (exact) mass is 164 g/mol. The highest BCUT2D eigenvalue weighted by atomic mass is 14.7. The molecule has 0 aliphatic rings. The second-order valence-corrected chi connectivity index (χ2v) is 3.13. The lowest BCUT2D eigenvalue weighted by Gasteiger charge is -2.07. The predicted octanol–water partition coefficient (Wildman–Crippen LogP) is 2.57. The van der Waals surface area contributed by atoms with Crippen molar-refractivity contribution in [2.45, 2.75) is 27.7 Å². The summed E-state index contributed by atoms with van der Waals surface area (Å²) in [5.74, 6) is 0.413. The van der Waals surface area contributed by atoms with Crippen LogP contribution in [0.1, 0.15) is 27.7 Å². The molecule has 12 heavy (non-hydrogen) atoms. The van der Waals surface area contributed by atoms with Gasteiger partial charge in [-0.1, -0.05) is 19.4 Å². The van der Waals surface area contributed by atoms with E-state index < -0.39 is 0 Å². The second-order valence-electron chi connectivity index (χ2n) is 3.13. The van der Waals surface area contributed by atoms with Crippen molar-refractivity contribution in [1.82, 2.24) is 0 Å². The van der Waals surface area contributed by atoms with Crippen LogP contribution in [0.4, 0.5) is 0 Å². The summed E-state index contributed by atoms with van der Waals surface area (Å²) in [4.78, 5) is 4.00. The van der Waals surface area contributed by atoms with E-state index in [-0.39, 0.29) is 0 Å². The maximum Gasteiger partial charge on any atom is 0.101 e. The van der Waals surface area contributed by atoms with E-state index >= 15 is 0 Å². The Balaban J connectivity index is 5.04. The number of nitrogens with zero attached hydrogens (tertiary/aromatic N) is 2. The van der Waals surface area contributed by atoms with E-state index in [0.29, 0.717) is 5.92 Å². The Morgan fingerprint density at radius 2 is 1.83 bits per heavy atom. The Morgan fingerprint density at radius 1 is 1.33 bits per heavy atom. The molecule has 0 aliphatic carbocycles. The molecule has 0 unspecified atom stereocenters. The smallest absolute Gasteiger partial charge is 0.101 e. The third-order valence-electron chi connectivity index (χ3n) is 2.07. The number of nitriles is 1. The summed E-state index contributed by atoms with van der Waals surface area (Å²) in [7, 11) is 1.71. The lowest BCUT2D eigenvalue weighted by molar-refractivity contribution is 0.766. The van der Waals surface area contributed by atoms with E-state index in [4.69, 9.17) is 5.26 Å². The summed E-state index contributed by atoms with van der Waals surface area (Å²) in [6, 6.07) is 2.18. The summed E-state index contributed by atoms with van der Waals surface area (Å²) >= 11 is 0.